The van der Waals surface area contributed by atoms with E-state index in [2.05, 4.69) is 0 Å². The first kappa shape index (κ1) is 17.8. The number of halogens is 2. The molecule has 0 bridgehead atoms. The number of likely N-dealkylation sites (N-methyl/N-ethyl adjacent to an activating group) is 1. The number of ether oxygens (including phenoxy) is 1. The SMILES string of the molecule is CCN(Cc1ccccc1)C(=O)COC(=O)c1cc(Cl)sc1Cl. The van der Waals surface area contributed by atoms with E-state index in [1.807, 2.05) is 37.3 Å². The van der Waals surface area contributed by atoms with Gasteiger partial charge in [0.15, 0.2) is 6.61 Å². The third-order valence-corrected chi connectivity index (χ3v) is 4.64. The lowest BCUT2D eigenvalue weighted by Gasteiger charge is -2.20. The number of rotatable bonds is 6. The second-order valence-corrected chi connectivity index (χ2v) is 6.99. The van der Waals surface area contributed by atoms with Crippen LogP contribution in [0.4, 0.5) is 0 Å². The molecule has 0 saturated carbocycles. The van der Waals surface area contributed by atoms with E-state index in [1.54, 1.807) is 4.90 Å². The van der Waals surface area contributed by atoms with Gasteiger partial charge in [0.25, 0.3) is 5.91 Å². The fourth-order valence-electron chi connectivity index (χ4n) is 1.96. The molecule has 2 aromatic rings. The Morgan fingerprint density at radius 3 is 2.48 bits per heavy atom. The van der Waals surface area contributed by atoms with Crippen molar-refractivity contribution < 1.29 is 14.3 Å². The number of thiophene rings is 1. The van der Waals surface area contributed by atoms with E-state index in [0.29, 0.717) is 17.4 Å². The maximum absolute atomic E-state index is 12.2. The summed E-state index contributed by atoms with van der Waals surface area (Å²) in [5.41, 5.74) is 1.20. The predicted octanol–water partition coefficient (Wildman–Crippen LogP) is 4.26. The van der Waals surface area contributed by atoms with Gasteiger partial charge >= 0.3 is 5.97 Å². The van der Waals surface area contributed by atoms with Crippen LogP contribution in [0.25, 0.3) is 0 Å². The van der Waals surface area contributed by atoms with Crippen molar-refractivity contribution in [1.29, 1.82) is 0 Å². The lowest BCUT2D eigenvalue weighted by atomic mass is 10.2. The van der Waals surface area contributed by atoms with Crippen LogP contribution in [0, 0.1) is 0 Å². The monoisotopic (exact) mass is 371 g/mol. The van der Waals surface area contributed by atoms with E-state index in [-0.39, 0.29) is 22.4 Å². The zero-order valence-corrected chi connectivity index (χ0v) is 14.7. The Morgan fingerprint density at radius 1 is 1.22 bits per heavy atom. The minimum absolute atomic E-state index is 0.181. The van der Waals surface area contributed by atoms with Crippen molar-refractivity contribution in [2.75, 3.05) is 13.2 Å². The van der Waals surface area contributed by atoms with E-state index in [9.17, 15) is 9.59 Å². The standard InChI is InChI=1S/C16H15Cl2NO3S/c1-2-19(9-11-6-4-3-5-7-11)14(20)10-22-16(21)12-8-13(17)23-15(12)18/h3-8H,2,9-10H2,1H3. The van der Waals surface area contributed by atoms with Gasteiger partial charge in [-0.05, 0) is 18.6 Å². The van der Waals surface area contributed by atoms with E-state index in [1.165, 1.54) is 6.07 Å². The molecule has 7 heteroatoms. The first-order chi connectivity index (χ1) is 11.0. The molecular weight excluding hydrogens is 357 g/mol. The summed E-state index contributed by atoms with van der Waals surface area (Å²) in [5, 5.41) is 0. The highest BCUT2D eigenvalue weighted by Crippen LogP contribution is 2.31. The lowest BCUT2D eigenvalue weighted by molar-refractivity contribution is -0.134. The maximum Gasteiger partial charge on any atom is 0.341 e. The third kappa shape index (κ3) is 4.96. The maximum atomic E-state index is 12.2. The Hall–Kier alpha value is -1.56. The van der Waals surface area contributed by atoms with Crippen molar-refractivity contribution in [3.63, 3.8) is 0 Å². The molecule has 0 aliphatic carbocycles. The molecule has 1 amide bonds. The van der Waals surface area contributed by atoms with Gasteiger partial charge in [0, 0.05) is 13.1 Å². The van der Waals surface area contributed by atoms with Crippen molar-refractivity contribution in [1.82, 2.24) is 4.90 Å². The third-order valence-electron chi connectivity index (χ3n) is 3.15. The van der Waals surface area contributed by atoms with Gasteiger partial charge in [0.05, 0.1) is 9.90 Å². The van der Waals surface area contributed by atoms with E-state index < -0.39 is 5.97 Å². The quantitative estimate of drug-likeness (QED) is 0.712. The Kier molecular flexibility index (Phi) is 6.45. The van der Waals surface area contributed by atoms with Gasteiger partial charge in [-0.25, -0.2) is 4.79 Å². The van der Waals surface area contributed by atoms with E-state index in [0.717, 1.165) is 16.9 Å². The summed E-state index contributed by atoms with van der Waals surface area (Å²) in [4.78, 5) is 25.7. The molecule has 23 heavy (non-hydrogen) atoms. The summed E-state index contributed by atoms with van der Waals surface area (Å²) in [7, 11) is 0. The highest BCUT2D eigenvalue weighted by molar-refractivity contribution is 7.20. The number of carbonyl (C=O) groups is 2. The number of benzene rings is 1. The minimum Gasteiger partial charge on any atom is -0.452 e. The molecule has 1 heterocycles. The molecule has 0 aliphatic rings. The largest absolute Gasteiger partial charge is 0.452 e. The van der Waals surface area contributed by atoms with E-state index >= 15 is 0 Å². The van der Waals surface area contributed by atoms with Crippen molar-refractivity contribution in [3.8, 4) is 0 Å². The predicted molar refractivity (Wildman–Crippen MR) is 92.2 cm³/mol. The number of hydrogen-bond donors (Lipinski definition) is 0. The Labute approximate surface area is 148 Å². The molecule has 1 aromatic heterocycles. The average molecular weight is 372 g/mol. The van der Waals surface area contributed by atoms with Crippen LogP contribution in [0.5, 0.6) is 0 Å². The topological polar surface area (TPSA) is 46.6 Å². The van der Waals surface area contributed by atoms with Crippen molar-refractivity contribution in [2.45, 2.75) is 13.5 Å². The second kappa shape index (κ2) is 8.34. The Bertz CT molecular complexity index is 688. The fraction of sp³-hybridized carbons (Fsp3) is 0.250. The molecule has 2 rings (SSSR count). The number of hydrogen-bond acceptors (Lipinski definition) is 4. The van der Waals surface area contributed by atoms with Crippen LogP contribution in [0.1, 0.15) is 22.8 Å². The Morgan fingerprint density at radius 2 is 1.91 bits per heavy atom. The molecule has 0 fully saturated rings. The summed E-state index contributed by atoms with van der Waals surface area (Å²) in [5.74, 6) is -0.913. The first-order valence-electron chi connectivity index (χ1n) is 6.95. The molecule has 0 spiro atoms. The van der Waals surface area contributed by atoms with Gasteiger partial charge in [-0.3, -0.25) is 4.79 Å². The van der Waals surface area contributed by atoms with E-state index in [4.69, 9.17) is 27.9 Å². The van der Waals surface area contributed by atoms with Crippen LogP contribution < -0.4 is 0 Å². The fourth-order valence-corrected chi connectivity index (χ4v) is 3.40. The van der Waals surface area contributed by atoms with Crippen molar-refractivity contribution in [3.05, 3.63) is 56.2 Å². The lowest BCUT2D eigenvalue weighted by Crippen LogP contribution is -2.34. The van der Waals surface area contributed by atoms with Crippen LogP contribution >= 0.6 is 34.5 Å². The molecule has 1 aromatic carbocycles. The summed E-state index contributed by atoms with van der Waals surface area (Å²) in [6, 6.07) is 11.1. The zero-order valence-electron chi connectivity index (χ0n) is 12.4. The van der Waals surface area contributed by atoms with Gasteiger partial charge in [0.1, 0.15) is 4.34 Å². The van der Waals surface area contributed by atoms with Gasteiger partial charge in [-0.15, -0.1) is 11.3 Å². The first-order valence-corrected chi connectivity index (χ1v) is 8.52. The Balaban J connectivity index is 1.92. The number of esters is 1. The molecule has 122 valence electrons. The molecule has 0 radical (unpaired) electrons. The summed E-state index contributed by atoms with van der Waals surface area (Å²) in [6.45, 7) is 2.54. The molecule has 0 unspecified atom stereocenters. The van der Waals surface area contributed by atoms with Gasteiger partial charge in [0.2, 0.25) is 0 Å². The molecule has 0 saturated heterocycles. The molecule has 0 atom stereocenters. The summed E-state index contributed by atoms with van der Waals surface area (Å²) >= 11 is 12.8. The smallest absolute Gasteiger partial charge is 0.341 e. The van der Waals surface area contributed by atoms with Crippen LogP contribution in [-0.4, -0.2) is 29.9 Å². The summed E-state index contributed by atoms with van der Waals surface area (Å²) < 4.78 is 5.69. The molecule has 0 aliphatic heterocycles. The number of nitrogens with zero attached hydrogens (tertiary/aromatic N) is 1. The van der Waals surface area contributed by atoms with Crippen LogP contribution in [0.3, 0.4) is 0 Å². The number of amides is 1. The van der Waals surface area contributed by atoms with Gasteiger partial charge in [-0.1, -0.05) is 53.5 Å². The zero-order chi connectivity index (χ0) is 16.8. The van der Waals surface area contributed by atoms with Crippen molar-refractivity contribution >= 4 is 46.4 Å². The van der Waals surface area contributed by atoms with Gasteiger partial charge in [-0.2, -0.15) is 0 Å². The van der Waals surface area contributed by atoms with Crippen molar-refractivity contribution in [2.24, 2.45) is 0 Å². The van der Waals surface area contributed by atoms with Crippen LogP contribution in [0.15, 0.2) is 36.4 Å². The minimum atomic E-state index is -0.651. The molecule has 4 nitrogen and oxygen atoms in total. The average Bonchev–Trinajstić information content (AvgIpc) is 2.89. The van der Waals surface area contributed by atoms with Crippen LogP contribution in [-0.2, 0) is 16.1 Å². The second-order valence-electron chi connectivity index (χ2n) is 4.71. The van der Waals surface area contributed by atoms with Crippen LogP contribution in [0.2, 0.25) is 8.67 Å². The highest BCUT2D eigenvalue weighted by Gasteiger charge is 2.19. The normalized spacial score (nSPS) is 10.4. The highest BCUT2D eigenvalue weighted by atomic mass is 35.5. The number of carbonyl (C=O) groups excluding carboxylic acids is 2. The van der Waals surface area contributed by atoms with Gasteiger partial charge < -0.3 is 9.64 Å². The molecule has 0 N–H and O–H groups in total. The molecular formula is C16H15Cl2NO3S. The summed E-state index contributed by atoms with van der Waals surface area (Å²) in [6.07, 6.45) is 0.